The van der Waals surface area contributed by atoms with Crippen molar-refractivity contribution in [2.24, 2.45) is 17.3 Å². The van der Waals surface area contributed by atoms with Crippen molar-refractivity contribution in [1.29, 1.82) is 0 Å². The standard InChI is InChI=1S/C20H32O6/c1-3-20(12-24-15(2)21)13-25-18(22)16-8-5-4-6-9-17(11-7-10-16)19(23)26-14-20/h16-17H,3-14H2,1-2H3. The SMILES string of the molecule is CCC1(COC(C)=O)COC(=O)C2CCCCCC(CCC2)C(=O)OC1. The van der Waals surface area contributed by atoms with Crippen LogP contribution in [0.25, 0.3) is 0 Å². The van der Waals surface area contributed by atoms with E-state index in [1.54, 1.807) is 0 Å². The highest BCUT2D eigenvalue weighted by Gasteiger charge is 2.36. The van der Waals surface area contributed by atoms with Crippen molar-refractivity contribution < 1.29 is 28.6 Å². The molecule has 2 aliphatic rings. The van der Waals surface area contributed by atoms with E-state index >= 15 is 0 Å². The molecule has 0 aromatic heterocycles. The molecule has 2 rings (SSSR count). The van der Waals surface area contributed by atoms with Gasteiger partial charge in [-0.05, 0) is 32.1 Å². The summed E-state index contributed by atoms with van der Waals surface area (Å²) in [6, 6.07) is 0. The number of hydrogen-bond donors (Lipinski definition) is 0. The van der Waals surface area contributed by atoms with E-state index in [4.69, 9.17) is 14.2 Å². The highest BCUT2D eigenvalue weighted by atomic mass is 16.6. The zero-order chi connectivity index (χ0) is 19.0. The zero-order valence-electron chi connectivity index (χ0n) is 16.1. The van der Waals surface area contributed by atoms with Crippen LogP contribution in [-0.2, 0) is 28.6 Å². The van der Waals surface area contributed by atoms with Gasteiger partial charge in [0.2, 0.25) is 0 Å². The maximum absolute atomic E-state index is 12.6. The van der Waals surface area contributed by atoms with Crippen LogP contribution in [0.15, 0.2) is 0 Å². The molecule has 1 saturated heterocycles. The summed E-state index contributed by atoms with van der Waals surface area (Å²) in [7, 11) is 0. The summed E-state index contributed by atoms with van der Waals surface area (Å²) in [6.45, 7) is 3.55. The Kier molecular flexibility index (Phi) is 7.91. The van der Waals surface area contributed by atoms with Gasteiger partial charge < -0.3 is 14.2 Å². The summed E-state index contributed by atoms with van der Waals surface area (Å²) < 4.78 is 16.4. The number of cyclic esters (lactones) is 2. The topological polar surface area (TPSA) is 78.9 Å². The summed E-state index contributed by atoms with van der Waals surface area (Å²) in [5.41, 5.74) is -0.685. The first-order chi connectivity index (χ1) is 12.5. The minimum Gasteiger partial charge on any atom is -0.465 e. The van der Waals surface area contributed by atoms with E-state index in [1.807, 2.05) is 6.92 Å². The lowest BCUT2D eigenvalue weighted by molar-refractivity contribution is -0.167. The Balaban J connectivity index is 2.20. The van der Waals surface area contributed by atoms with Crippen molar-refractivity contribution in [1.82, 2.24) is 0 Å². The quantitative estimate of drug-likeness (QED) is 0.561. The first kappa shape index (κ1) is 20.7. The molecule has 0 radical (unpaired) electrons. The van der Waals surface area contributed by atoms with Crippen molar-refractivity contribution >= 4 is 17.9 Å². The van der Waals surface area contributed by atoms with Gasteiger partial charge in [-0.25, -0.2) is 0 Å². The highest BCUT2D eigenvalue weighted by Crippen LogP contribution is 2.30. The van der Waals surface area contributed by atoms with E-state index in [9.17, 15) is 14.4 Å². The molecule has 1 aliphatic carbocycles. The summed E-state index contributed by atoms with van der Waals surface area (Å²) in [5, 5.41) is 0. The van der Waals surface area contributed by atoms with Gasteiger partial charge in [0.05, 0.1) is 17.3 Å². The van der Waals surface area contributed by atoms with Gasteiger partial charge in [-0.15, -0.1) is 0 Å². The molecule has 2 unspecified atom stereocenters. The minimum absolute atomic E-state index is 0.0781. The van der Waals surface area contributed by atoms with E-state index in [1.165, 1.54) is 6.92 Å². The molecule has 1 heterocycles. The summed E-state index contributed by atoms with van der Waals surface area (Å²) in [6.07, 6.45) is 7.61. The van der Waals surface area contributed by atoms with Gasteiger partial charge in [-0.2, -0.15) is 0 Å². The van der Waals surface area contributed by atoms with Crippen LogP contribution in [0.1, 0.15) is 71.6 Å². The number of hydrogen-bond acceptors (Lipinski definition) is 6. The van der Waals surface area contributed by atoms with E-state index in [0.29, 0.717) is 6.42 Å². The molecule has 26 heavy (non-hydrogen) atoms. The van der Waals surface area contributed by atoms with Crippen molar-refractivity contribution in [2.45, 2.75) is 71.6 Å². The number of rotatable bonds is 3. The van der Waals surface area contributed by atoms with Crippen molar-refractivity contribution in [3.05, 3.63) is 0 Å². The van der Waals surface area contributed by atoms with Crippen LogP contribution in [0, 0.1) is 17.3 Å². The fourth-order valence-electron chi connectivity index (χ4n) is 3.70. The molecule has 148 valence electrons. The van der Waals surface area contributed by atoms with Crippen LogP contribution in [0.2, 0.25) is 0 Å². The van der Waals surface area contributed by atoms with Crippen LogP contribution in [-0.4, -0.2) is 37.7 Å². The molecule has 1 saturated carbocycles. The van der Waals surface area contributed by atoms with E-state index in [2.05, 4.69) is 0 Å². The van der Waals surface area contributed by atoms with Crippen LogP contribution in [0.3, 0.4) is 0 Å². The molecule has 2 atom stereocenters. The first-order valence-corrected chi connectivity index (χ1v) is 9.92. The van der Waals surface area contributed by atoms with Crippen LogP contribution < -0.4 is 0 Å². The maximum Gasteiger partial charge on any atom is 0.308 e. The molecule has 0 spiro atoms. The molecule has 6 heteroatoms. The fraction of sp³-hybridized carbons (Fsp3) is 0.850. The third-order valence-corrected chi connectivity index (χ3v) is 5.75. The lowest BCUT2D eigenvalue weighted by Gasteiger charge is -2.33. The summed E-state index contributed by atoms with van der Waals surface area (Å²) >= 11 is 0. The van der Waals surface area contributed by atoms with E-state index in [-0.39, 0.29) is 43.6 Å². The van der Waals surface area contributed by atoms with Crippen molar-refractivity contribution in [3.63, 3.8) is 0 Å². The second kappa shape index (κ2) is 9.93. The monoisotopic (exact) mass is 368 g/mol. The van der Waals surface area contributed by atoms with Gasteiger partial charge >= 0.3 is 17.9 Å². The third-order valence-electron chi connectivity index (χ3n) is 5.75. The Bertz CT molecular complexity index is 471. The zero-order valence-corrected chi connectivity index (χ0v) is 16.1. The third kappa shape index (κ3) is 5.99. The molecule has 0 N–H and O–H groups in total. The Morgan fingerprint density at radius 1 is 0.962 bits per heavy atom. The first-order valence-electron chi connectivity index (χ1n) is 9.92. The largest absolute Gasteiger partial charge is 0.465 e. The Hall–Kier alpha value is -1.59. The second-order valence-electron chi connectivity index (χ2n) is 7.81. The molecular weight excluding hydrogens is 336 g/mol. The van der Waals surface area contributed by atoms with E-state index in [0.717, 1.165) is 51.4 Å². The number of ether oxygens (including phenoxy) is 3. The number of fused-ring (bicyclic) bond motifs is 4. The smallest absolute Gasteiger partial charge is 0.308 e. The molecule has 0 aromatic rings. The number of carbonyl (C=O) groups excluding carboxylic acids is 3. The molecule has 1 aliphatic heterocycles. The molecule has 2 bridgehead atoms. The Morgan fingerprint density at radius 3 is 1.92 bits per heavy atom. The maximum atomic E-state index is 12.6. The molecule has 6 nitrogen and oxygen atoms in total. The molecule has 0 amide bonds. The average molecular weight is 368 g/mol. The van der Waals surface area contributed by atoms with E-state index < -0.39 is 11.4 Å². The predicted octanol–water partition coefficient (Wildman–Crippen LogP) is 3.41. The van der Waals surface area contributed by atoms with Gasteiger partial charge in [-0.3, -0.25) is 14.4 Å². The van der Waals surface area contributed by atoms with Crippen molar-refractivity contribution in [2.75, 3.05) is 19.8 Å². The van der Waals surface area contributed by atoms with Crippen molar-refractivity contribution in [3.8, 4) is 0 Å². The highest BCUT2D eigenvalue weighted by molar-refractivity contribution is 5.73. The van der Waals surface area contributed by atoms with Gasteiger partial charge in [-0.1, -0.05) is 32.6 Å². The molecule has 0 aromatic carbocycles. The predicted molar refractivity (Wildman–Crippen MR) is 95.2 cm³/mol. The van der Waals surface area contributed by atoms with Crippen LogP contribution in [0.4, 0.5) is 0 Å². The fourth-order valence-corrected chi connectivity index (χ4v) is 3.70. The number of carbonyl (C=O) groups is 3. The van der Waals surface area contributed by atoms with Gasteiger partial charge in [0.1, 0.15) is 19.8 Å². The van der Waals surface area contributed by atoms with Gasteiger partial charge in [0, 0.05) is 6.92 Å². The molecule has 2 fully saturated rings. The second-order valence-corrected chi connectivity index (χ2v) is 7.81. The Labute approximate surface area is 155 Å². The summed E-state index contributed by atoms with van der Waals surface area (Å²) in [4.78, 5) is 36.5. The Morgan fingerprint density at radius 2 is 1.46 bits per heavy atom. The van der Waals surface area contributed by atoms with Gasteiger partial charge in [0.25, 0.3) is 0 Å². The van der Waals surface area contributed by atoms with Gasteiger partial charge in [0.15, 0.2) is 0 Å². The lowest BCUT2D eigenvalue weighted by Crippen LogP contribution is -2.40. The van der Waals surface area contributed by atoms with Crippen LogP contribution in [0.5, 0.6) is 0 Å². The average Bonchev–Trinajstić information content (AvgIpc) is 2.64. The normalized spacial score (nSPS) is 31.3. The summed E-state index contributed by atoms with van der Waals surface area (Å²) in [5.74, 6) is -0.948. The lowest BCUT2D eigenvalue weighted by atomic mass is 9.86. The van der Waals surface area contributed by atoms with Crippen LogP contribution >= 0.6 is 0 Å². The molecular formula is C20H32O6. The minimum atomic E-state index is -0.685. The number of esters is 3.